The largest absolute Gasteiger partial charge is 0.353 e. The van der Waals surface area contributed by atoms with Gasteiger partial charge in [-0.3, -0.25) is 4.79 Å². The van der Waals surface area contributed by atoms with E-state index in [0.29, 0.717) is 12.0 Å². The lowest BCUT2D eigenvalue weighted by Gasteiger charge is -2.19. The third kappa shape index (κ3) is 3.49. The van der Waals surface area contributed by atoms with Gasteiger partial charge in [0.05, 0.1) is 0 Å². The number of hydrogen-bond acceptors (Lipinski definition) is 1. The van der Waals surface area contributed by atoms with Crippen molar-refractivity contribution in [2.75, 3.05) is 0 Å². The Morgan fingerprint density at radius 2 is 2.00 bits per heavy atom. The van der Waals surface area contributed by atoms with Gasteiger partial charge in [0.1, 0.15) is 0 Å². The molecular weight excluding hydrogens is 126 g/mol. The van der Waals surface area contributed by atoms with Gasteiger partial charge in [-0.1, -0.05) is 20.8 Å². The minimum atomic E-state index is 0.0700. The van der Waals surface area contributed by atoms with Crippen LogP contribution in [0, 0.1) is 5.92 Å². The van der Waals surface area contributed by atoms with E-state index >= 15 is 0 Å². The molecule has 0 radical (unpaired) electrons. The van der Waals surface area contributed by atoms with Crippen LogP contribution in [0.3, 0.4) is 0 Å². The zero-order valence-electron chi connectivity index (χ0n) is 7.27. The third-order valence-electron chi connectivity index (χ3n) is 1.63. The Labute approximate surface area is 63.0 Å². The lowest BCUT2D eigenvalue weighted by Crippen LogP contribution is -2.36. The van der Waals surface area contributed by atoms with Crippen LogP contribution in [0.5, 0.6) is 0 Å². The van der Waals surface area contributed by atoms with Gasteiger partial charge in [-0.05, 0) is 12.3 Å². The topological polar surface area (TPSA) is 29.1 Å². The van der Waals surface area contributed by atoms with Crippen LogP contribution >= 0.6 is 0 Å². The van der Waals surface area contributed by atoms with E-state index in [4.69, 9.17) is 0 Å². The molecule has 0 aliphatic carbocycles. The molecule has 0 aromatic rings. The summed E-state index contributed by atoms with van der Waals surface area (Å²) in [6.07, 6.45) is 1.01. The summed E-state index contributed by atoms with van der Waals surface area (Å²) in [5, 5.41) is 2.89. The maximum Gasteiger partial charge on any atom is 0.217 e. The normalized spacial score (nSPS) is 13.3. The van der Waals surface area contributed by atoms with Crippen molar-refractivity contribution in [2.45, 2.75) is 40.2 Å². The van der Waals surface area contributed by atoms with Crippen molar-refractivity contribution in [3.8, 4) is 0 Å². The molecule has 2 nitrogen and oxygen atoms in total. The molecule has 0 saturated carbocycles. The standard InChI is InChI=1S/C8H17NO/c1-5-8(6(2)3)9-7(4)10/h6,8H,5H2,1-4H3,(H,9,10). The van der Waals surface area contributed by atoms with Gasteiger partial charge in [0, 0.05) is 13.0 Å². The molecule has 60 valence electrons. The maximum atomic E-state index is 10.6. The van der Waals surface area contributed by atoms with Crippen molar-refractivity contribution < 1.29 is 4.79 Å². The van der Waals surface area contributed by atoms with Crippen molar-refractivity contribution in [1.29, 1.82) is 0 Å². The predicted octanol–water partition coefficient (Wildman–Crippen LogP) is 1.56. The summed E-state index contributed by atoms with van der Waals surface area (Å²) in [5.74, 6) is 0.606. The number of hydrogen-bond donors (Lipinski definition) is 1. The fourth-order valence-electron chi connectivity index (χ4n) is 1.00. The minimum Gasteiger partial charge on any atom is -0.353 e. The van der Waals surface area contributed by atoms with E-state index in [9.17, 15) is 4.79 Å². The molecule has 0 aromatic heterocycles. The van der Waals surface area contributed by atoms with Crippen LogP contribution in [0.2, 0.25) is 0 Å². The molecule has 0 spiro atoms. The minimum absolute atomic E-state index is 0.0700. The average molecular weight is 143 g/mol. The molecule has 0 bridgehead atoms. The molecule has 0 aliphatic rings. The fraction of sp³-hybridized carbons (Fsp3) is 0.875. The molecule has 0 heterocycles. The number of rotatable bonds is 3. The van der Waals surface area contributed by atoms with Crippen LogP contribution in [0.1, 0.15) is 34.1 Å². The molecule has 0 aliphatic heterocycles. The van der Waals surface area contributed by atoms with Gasteiger partial charge in [-0.25, -0.2) is 0 Å². The summed E-state index contributed by atoms with van der Waals surface area (Å²) in [4.78, 5) is 10.6. The molecule has 0 saturated heterocycles. The SMILES string of the molecule is CCC(NC(C)=O)C(C)C. The number of carbonyl (C=O) groups excluding carboxylic acids is 1. The van der Waals surface area contributed by atoms with Crippen molar-refractivity contribution in [1.82, 2.24) is 5.32 Å². The molecule has 2 heteroatoms. The first-order chi connectivity index (χ1) is 4.57. The summed E-state index contributed by atoms with van der Waals surface area (Å²) in [6, 6.07) is 0.345. The Kier molecular flexibility index (Phi) is 4.08. The second-order valence-corrected chi connectivity index (χ2v) is 2.96. The highest BCUT2D eigenvalue weighted by Gasteiger charge is 2.10. The fourth-order valence-corrected chi connectivity index (χ4v) is 1.00. The highest BCUT2D eigenvalue weighted by atomic mass is 16.1. The first-order valence-electron chi connectivity index (χ1n) is 3.85. The smallest absolute Gasteiger partial charge is 0.217 e. The van der Waals surface area contributed by atoms with Crippen molar-refractivity contribution in [3.05, 3.63) is 0 Å². The number of nitrogens with one attached hydrogen (secondary N) is 1. The quantitative estimate of drug-likeness (QED) is 0.638. The van der Waals surface area contributed by atoms with Crippen molar-refractivity contribution >= 4 is 5.91 Å². The highest BCUT2D eigenvalue weighted by Crippen LogP contribution is 2.04. The van der Waals surface area contributed by atoms with Gasteiger partial charge in [0.25, 0.3) is 0 Å². The summed E-state index contributed by atoms with van der Waals surface area (Å²) >= 11 is 0. The summed E-state index contributed by atoms with van der Waals surface area (Å²) in [6.45, 7) is 7.87. The molecule has 1 amide bonds. The first-order valence-corrected chi connectivity index (χ1v) is 3.85. The lowest BCUT2D eigenvalue weighted by atomic mass is 10.0. The van der Waals surface area contributed by atoms with Gasteiger partial charge in [0.2, 0.25) is 5.91 Å². The van der Waals surface area contributed by atoms with E-state index in [1.807, 2.05) is 0 Å². The number of amides is 1. The van der Waals surface area contributed by atoms with E-state index in [1.165, 1.54) is 0 Å². The Morgan fingerprint density at radius 1 is 1.50 bits per heavy atom. The van der Waals surface area contributed by atoms with Crippen molar-refractivity contribution in [2.24, 2.45) is 5.92 Å². The predicted molar refractivity (Wildman–Crippen MR) is 42.7 cm³/mol. The maximum absolute atomic E-state index is 10.6. The van der Waals surface area contributed by atoms with Gasteiger partial charge in [-0.15, -0.1) is 0 Å². The monoisotopic (exact) mass is 143 g/mol. The Balaban J connectivity index is 3.71. The Hall–Kier alpha value is -0.530. The summed E-state index contributed by atoms with van der Waals surface area (Å²) < 4.78 is 0. The molecular formula is C8H17NO. The van der Waals surface area contributed by atoms with Gasteiger partial charge in [0.15, 0.2) is 0 Å². The van der Waals surface area contributed by atoms with E-state index < -0.39 is 0 Å². The van der Waals surface area contributed by atoms with Gasteiger partial charge < -0.3 is 5.32 Å². The number of carbonyl (C=O) groups is 1. The lowest BCUT2D eigenvalue weighted by molar-refractivity contribution is -0.120. The molecule has 0 fully saturated rings. The molecule has 1 unspecified atom stereocenters. The Morgan fingerprint density at radius 3 is 2.10 bits per heavy atom. The van der Waals surface area contributed by atoms with Gasteiger partial charge in [-0.2, -0.15) is 0 Å². The summed E-state index contributed by atoms with van der Waals surface area (Å²) in [5.41, 5.74) is 0. The van der Waals surface area contributed by atoms with E-state index in [0.717, 1.165) is 6.42 Å². The Bertz CT molecular complexity index is 110. The highest BCUT2D eigenvalue weighted by molar-refractivity contribution is 5.73. The van der Waals surface area contributed by atoms with Crippen LogP contribution < -0.4 is 5.32 Å². The van der Waals surface area contributed by atoms with Gasteiger partial charge >= 0.3 is 0 Å². The molecule has 1 atom stereocenters. The second-order valence-electron chi connectivity index (χ2n) is 2.96. The molecule has 1 N–H and O–H groups in total. The van der Waals surface area contributed by atoms with Crippen molar-refractivity contribution in [3.63, 3.8) is 0 Å². The zero-order chi connectivity index (χ0) is 8.15. The van der Waals surface area contributed by atoms with Crippen LogP contribution in [-0.4, -0.2) is 11.9 Å². The zero-order valence-corrected chi connectivity index (χ0v) is 7.27. The van der Waals surface area contributed by atoms with Crippen LogP contribution in [0.25, 0.3) is 0 Å². The van der Waals surface area contributed by atoms with E-state index in [2.05, 4.69) is 26.1 Å². The van der Waals surface area contributed by atoms with Crippen LogP contribution in [0.15, 0.2) is 0 Å². The molecule has 0 aromatic carbocycles. The first kappa shape index (κ1) is 9.47. The molecule has 0 rings (SSSR count). The van der Waals surface area contributed by atoms with E-state index in [-0.39, 0.29) is 5.91 Å². The molecule has 10 heavy (non-hydrogen) atoms. The second kappa shape index (κ2) is 4.31. The van der Waals surface area contributed by atoms with E-state index in [1.54, 1.807) is 6.92 Å². The van der Waals surface area contributed by atoms with Crippen LogP contribution in [0.4, 0.5) is 0 Å². The average Bonchev–Trinajstić information content (AvgIpc) is 1.81. The third-order valence-corrected chi connectivity index (χ3v) is 1.63. The summed E-state index contributed by atoms with van der Waals surface area (Å²) in [7, 11) is 0. The van der Waals surface area contributed by atoms with Crippen LogP contribution in [-0.2, 0) is 4.79 Å².